The van der Waals surface area contributed by atoms with Crippen LogP contribution in [0.2, 0.25) is 0 Å². The van der Waals surface area contributed by atoms with Crippen molar-refractivity contribution in [1.29, 1.82) is 0 Å². The van der Waals surface area contributed by atoms with Gasteiger partial charge in [-0.15, -0.1) is 16.3 Å². The van der Waals surface area contributed by atoms with Crippen LogP contribution in [0, 0.1) is 23.2 Å². The second-order valence-corrected chi connectivity index (χ2v) is 21.9. The zero-order valence-electron chi connectivity index (χ0n) is 42.1. The van der Waals surface area contributed by atoms with Gasteiger partial charge >= 0.3 is 12.0 Å². The van der Waals surface area contributed by atoms with Gasteiger partial charge in [0, 0.05) is 92.8 Å². The summed E-state index contributed by atoms with van der Waals surface area (Å²) in [6.07, 6.45) is 7.52. The van der Waals surface area contributed by atoms with E-state index in [0.717, 1.165) is 49.7 Å². The number of aryl methyl sites for hydroxylation is 1. The number of ether oxygens (including phenoxy) is 2. The SMILES string of the molecule is C=CC(=O)N1CC[C@@H](N(C)C(=O)N(C)[C@H](C(=O)N2CC2C2Cc3nc(cs3)-c3ccc4c(c3)c(c(-c3cccnc3[C@H](C)OC)n4CC)CC(C)(C)COC(=O)[C@@H]3CCCN(C2=O)[N+]2=CC32)C(C)C)C1. The molecular weight excluding hydrogens is 907 g/mol. The molecule has 4 aromatic rings. The van der Waals surface area contributed by atoms with Crippen LogP contribution in [0.5, 0.6) is 0 Å². The number of nitrogens with zero attached hydrogens (tertiary/aromatic N) is 9. The van der Waals surface area contributed by atoms with Gasteiger partial charge in [0.15, 0.2) is 0 Å². The van der Waals surface area contributed by atoms with E-state index in [1.54, 1.807) is 47.1 Å². The van der Waals surface area contributed by atoms with E-state index >= 15 is 4.79 Å². The molecule has 3 saturated heterocycles. The number of aromatic nitrogens is 3. The van der Waals surface area contributed by atoms with Crippen LogP contribution in [0.25, 0.3) is 33.4 Å². The quantitative estimate of drug-likeness (QED) is 0.0754. The summed E-state index contributed by atoms with van der Waals surface area (Å²) in [5.74, 6) is -2.06. The maximum absolute atomic E-state index is 15.1. The highest BCUT2D eigenvalue weighted by Crippen LogP contribution is 2.43. The number of hydrazone groups is 1. The van der Waals surface area contributed by atoms with Crippen molar-refractivity contribution in [2.24, 2.45) is 23.2 Å². The molecule has 0 spiro atoms. The van der Waals surface area contributed by atoms with Crippen molar-refractivity contribution in [2.75, 3.05) is 54.0 Å². The molecule has 3 unspecified atom stereocenters. The summed E-state index contributed by atoms with van der Waals surface area (Å²) in [6, 6.07) is 8.57. The highest BCUT2D eigenvalue weighted by Gasteiger charge is 2.58. The molecule has 5 amide bonds. The van der Waals surface area contributed by atoms with Crippen LogP contribution < -0.4 is 0 Å². The third-order valence-corrected chi connectivity index (χ3v) is 16.2. The van der Waals surface area contributed by atoms with E-state index in [1.165, 1.54) is 22.3 Å². The van der Waals surface area contributed by atoms with E-state index < -0.39 is 29.3 Å². The lowest BCUT2D eigenvalue weighted by molar-refractivity contribution is -0.624. The predicted octanol–water partition coefficient (Wildman–Crippen LogP) is 6.46. The Labute approximate surface area is 414 Å². The Balaban J connectivity index is 1.06. The van der Waals surface area contributed by atoms with Crippen molar-refractivity contribution in [1.82, 2.24) is 39.1 Å². The number of fused-ring (bicyclic) bond motifs is 4. The first-order valence-corrected chi connectivity index (χ1v) is 25.7. The van der Waals surface area contributed by atoms with E-state index in [2.05, 4.69) is 61.6 Å². The van der Waals surface area contributed by atoms with Gasteiger partial charge in [0.2, 0.25) is 18.0 Å². The van der Waals surface area contributed by atoms with Crippen molar-refractivity contribution in [3.8, 4) is 22.5 Å². The van der Waals surface area contributed by atoms with Gasteiger partial charge in [-0.2, -0.15) is 0 Å². The Bertz CT molecular complexity index is 2760. The minimum Gasteiger partial charge on any atom is -0.465 e. The summed E-state index contributed by atoms with van der Waals surface area (Å²) in [5.41, 5.74) is 6.39. The molecule has 5 aliphatic heterocycles. The van der Waals surface area contributed by atoms with Crippen molar-refractivity contribution in [2.45, 2.75) is 110 Å². The first kappa shape index (κ1) is 49.1. The molecule has 0 saturated carbocycles. The van der Waals surface area contributed by atoms with Gasteiger partial charge in [0.1, 0.15) is 12.0 Å². The van der Waals surface area contributed by atoms with Crippen molar-refractivity contribution in [3.05, 3.63) is 70.8 Å². The van der Waals surface area contributed by atoms with Gasteiger partial charge in [-0.1, -0.05) is 45.0 Å². The molecule has 0 aliphatic carbocycles. The van der Waals surface area contributed by atoms with E-state index in [4.69, 9.17) is 19.4 Å². The van der Waals surface area contributed by atoms with Crippen LogP contribution in [0.15, 0.2) is 54.6 Å². The Kier molecular flexibility index (Phi) is 13.6. The zero-order chi connectivity index (χ0) is 49.9. The van der Waals surface area contributed by atoms with E-state index in [1.807, 2.05) is 37.7 Å². The number of hydrogen-bond donors (Lipinski definition) is 0. The fourth-order valence-electron chi connectivity index (χ4n) is 11.3. The predicted molar refractivity (Wildman–Crippen MR) is 268 cm³/mol. The standard InChI is InChI=1S/C53H68N9O7S/c1-11-45(63)58-22-19-34(26-58)56(8)52(67)57(9)47(31(3)4)50(65)60-27-42(60)38-24-44-55-40(29-70-44)33-17-18-41-37(23-33)39(48(59(41)12-2)36-15-13-20-54-46(36)32(5)68-10)25-53(6,7)30-69-51(66)35-16-14-21-61(49(38)64)62-28-43(35)62/h11,13,15,17-18,20,23,28-29,31-32,34-35,38,42-43,47H,1,12,14,16,19,21-22,24-27,30H2,2-10H3/q+1/t32-,34+,35+,38?,42?,43?,47-,60?/m0/s1. The molecule has 70 heavy (non-hydrogen) atoms. The maximum atomic E-state index is 15.1. The Morgan fingerprint density at radius 2 is 1.87 bits per heavy atom. The second kappa shape index (κ2) is 19.3. The first-order chi connectivity index (χ1) is 33.5. The second-order valence-electron chi connectivity index (χ2n) is 20.9. The topological polar surface area (TPSA) is 154 Å². The van der Waals surface area contributed by atoms with Crippen LogP contribution in [0.4, 0.5) is 4.79 Å². The Hall–Kier alpha value is -5.94. The summed E-state index contributed by atoms with van der Waals surface area (Å²) in [4.78, 5) is 87.0. The van der Waals surface area contributed by atoms with Gasteiger partial charge < -0.3 is 33.6 Å². The number of hydrogen-bond acceptors (Lipinski definition) is 10. The molecule has 0 radical (unpaired) electrons. The number of benzene rings is 1. The van der Waals surface area contributed by atoms with Crippen molar-refractivity contribution < 1.29 is 38.1 Å². The number of likely N-dealkylation sites (tertiary alicyclic amines) is 1. The third kappa shape index (κ3) is 9.15. The summed E-state index contributed by atoms with van der Waals surface area (Å²) in [6.45, 7) is 18.5. The fraction of sp³-hybridized carbons (Fsp3) is 0.547. The van der Waals surface area contributed by atoms with E-state index in [-0.39, 0.29) is 60.4 Å². The van der Waals surface area contributed by atoms with Crippen molar-refractivity contribution in [3.63, 3.8) is 0 Å². The minimum absolute atomic E-state index is 0.119. The number of carbonyl (C=O) groups is 5. The smallest absolute Gasteiger partial charge is 0.320 e. The zero-order valence-corrected chi connectivity index (χ0v) is 42.9. The largest absolute Gasteiger partial charge is 0.465 e. The lowest BCUT2D eigenvalue weighted by Crippen LogP contribution is -2.54. The molecule has 1 aromatic carbocycles. The number of amides is 5. The van der Waals surface area contributed by atoms with Gasteiger partial charge in [-0.25, -0.2) is 9.78 Å². The number of likely N-dealkylation sites (N-methyl/N-ethyl adjacent to an activating group) is 2. The molecule has 6 bridgehead atoms. The summed E-state index contributed by atoms with van der Waals surface area (Å²) in [7, 11) is 5.08. The molecule has 5 aliphatic rings. The van der Waals surface area contributed by atoms with Gasteiger partial charge in [-0.3, -0.25) is 24.2 Å². The first-order valence-electron chi connectivity index (χ1n) is 24.9. The molecule has 8 heterocycles. The fourth-order valence-corrected chi connectivity index (χ4v) is 12.1. The van der Waals surface area contributed by atoms with Crippen LogP contribution in [0.3, 0.4) is 0 Å². The molecule has 3 aromatic heterocycles. The molecule has 7 atom stereocenters. The highest BCUT2D eigenvalue weighted by molar-refractivity contribution is 7.10. The lowest BCUT2D eigenvalue weighted by Gasteiger charge is -2.35. The third-order valence-electron chi connectivity index (χ3n) is 15.3. The van der Waals surface area contributed by atoms with E-state index in [0.29, 0.717) is 64.8 Å². The number of hydrazine groups is 1. The number of cyclic esters (lactones) is 1. The van der Waals surface area contributed by atoms with Crippen LogP contribution in [-0.4, -0.2) is 158 Å². The maximum Gasteiger partial charge on any atom is 0.320 e. The van der Waals surface area contributed by atoms with Crippen molar-refractivity contribution >= 4 is 58.2 Å². The normalized spacial score (nSPS) is 24.0. The molecule has 3 fully saturated rings. The molecule has 16 nitrogen and oxygen atoms in total. The monoisotopic (exact) mass is 974 g/mol. The summed E-state index contributed by atoms with van der Waals surface area (Å²) < 4.78 is 16.4. The van der Waals surface area contributed by atoms with Gasteiger partial charge in [0.05, 0.1) is 59.3 Å². The molecule has 9 rings (SSSR count). The van der Waals surface area contributed by atoms with Crippen LogP contribution in [0.1, 0.15) is 83.2 Å². The summed E-state index contributed by atoms with van der Waals surface area (Å²) >= 11 is 1.51. The molecule has 17 heteroatoms. The minimum atomic E-state index is -0.784. The van der Waals surface area contributed by atoms with Crippen LogP contribution in [-0.2, 0) is 48.0 Å². The number of urea groups is 1. The van der Waals surface area contributed by atoms with Gasteiger partial charge in [0.25, 0.3) is 11.9 Å². The Morgan fingerprint density at radius 1 is 1.09 bits per heavy atom. The molecular formula is C53H68N9O7S+. The van der Waals surface area contributed by atoms with E-state index in [9.17, 15) is 19.2 Å². The number of methoxy groups -OCH3 is 1. The average Bonchev–Trinajstić information content (AvgIpc) is 4.18. The lowest BCUT2D eigenvalue weighted by atomic mass is 9.84. The van der Waals surface area contributed by atoms with Crippen LogP contribution >= 0.6 is 11.3 Å². The molecule has 0 N–H and O–H groups in total. The summed E-state index contributed by atoms with van der Waals surface area (Å²) in [5, 5.41) is 5.69. The Morgan fingerprint density at radius 3 is 2.60 bits per heavy atom. The average molecular weight is 975 g/mol. The molecule has 372 valence electrons. The highest BCUT2D eigenvalue weighted by atomic mass is 32.1. The van der Waals surface area contributed by atoms with Gasteiger partial charge in [-0.05, 0) is 81.4 Å². The number of esters is 1. The number of thiazole rings is 1. The number of pyridine rings is 1. The number of carbonyl (C=O) groups excluding carboxylic acids is 5. The number of rotatable bonds is 10.